The monoisotopic (exact) mass is 258 g/mol. The highest BCUT2D eigenvalue weighted by Gasteiger charge is 2.30. The number of hydrogen-bond acceptors (Lipinski definition) is 3. The summed E-state index contributed by atoms with van der Waals surface area (Å²) in [6.45, 7) is 1.44. The Labute approximate surface area is 90.0 Å². The first-order valence-electron chi connectivity index (χ1n) is 3.93. The Hall–Kier alpha value is -1.07. The van der Waals surface area contributed by atoms with Gasteiger partial charge in [0.2, 0.25) is 0 Å². The lowest BCUT2D eigenvalue weighted by molar-refractivity contribution is -0.143. The number of rotatable bonds is 2. The van der Waals surface area contributed by atoms with Crippen molar-refractivity contribution in [2.75, 3.05) is 5.73 Å². The first-order valence-corrected chi connectivity index (χ1v) is 4.73. The van der Waals surface area contributed by atoms with Crippen LogP contribution in [0.25, 0.3) is 0 Å². The van der Waals surface area contributed by atoms with E-state index < -0.39 is 11.5 Å². The van der Waals surface area contributed by atoms with Crippen molar-refractivity contribution in [1.29, 1.82) is 0 Å². The van der Waals surface area contributed by atoms with Crippen LogP contribution >= 0.6 is 15.9 Å². The molecule has 0 heterocycles. The highest BCUT2D eigenvalue weighted by atomic mass is 79.9. The van der Waals surface area contributed by atoms with Gasteiger partial charge in [-0.3, -0.25) is 0 Å². The number of hydrogen-bond donors (Lipinski definition) is 3. The molecule has 0 unspecified atom stereocenters. The Morgan fingerprint density at radius 1 is 1.57 bits per heavy atom. The van der Waals surface area contributed by atoms with Gasteiger partial charge in [-0.05, 0) is 40.5 Å². The van der Waals surface area contributed by atoms with E-state index in [0.717, 1.165) is 0 Å². The van der Waals surface area contributed by atoms with Gasteiger partial charge in [0, 0.05) is 10.2 Å². The number of carboxylic acids is 1. The van der Waals surface area contributed by atoms with Crippen LogP contribution in [0.3, 0.4) is 0 Å². The van der Waals surface area contributed by atoms with Crippen LogP contribution in [0.15, 0.2) is 22.7 Å². The predicted molar refractivity (Wildman–Crippen MR) is 57.7 cm³/mol. The molecule has 1 rings (SSSR count). The van der Waals surface area contributed by atoms with Crippen molar-refractivity contribution < 1.29 is 9.90 Å². The third kappa shape index (κ3) is 1.88. The quantitative estimate of drug-likeness (QED) is 0.698. The smallest absolute Gasteiger partial charge is 0.328 e. The van der Waals surface area contributed by atoms with Crippen LogP contribution < -0.4 is 11.5 Å². The second-order valence-electron chi connectivity index (χ2n) is 3.24. The fourth-order valence-electron chi connectivity index (χ4n) is 0.974. The SMILES string of the molecule is C[C@@](N)(C(=O)O)c1ccc(N)c(Br)c1. The van der Waals surface area contributed by atoms with Crippen LogP contribution in [-0.4, -0.2) is 11.1 Å². The van der Waals surface area contributed by atoms with Crippen molar-refractivity contribution >= 4 is 27.6 Å². The first-order chi connectivity index (χ1) is 6.35. The molecule has 1 aromatic carbocycles. The zero-order valence-corrected chi connectivity index (χ0v) is 9.21. The summed E-state index contributed by atoms with van der Waals surface area (Å²) in [7, 11) is 0. The van der Waals surface area contributed by atoms with Crippen molar-refractivity contribution in [1.82, 2.24) is 0 Å². The summed E-state index contributed by atoms with van der Waals surface area (Å²) in [5, 5.41) is 8.88. The summed E-state index contributed by atoms with van der Waals surface area (Å²) in [5.74, 6) is -1.07. The Balaban J connectivity index is 3.21. The van der Waals surface area contributed by atoms with E-state index in [2.05, 4.69) is 15.9 Å². The summed E-state index contributed by atoms with van der Waals surface area (Å²) < 4.78 is 0.646. The Morgan fingerprint density at radius 2 is 2.14 bits per heavy atom. The average Bonchev–Trinajstić information content (AvgIpc) is 2.09. The van der Waals surface area contributed by atoms with Crippen LogP contribution in [0.4, 0.5) is 5.69 Å². The molecular weight excluding hydrogens is 248 g/mol. The number of carboxylic acid groups (broad SMARTS) is 1. The summed E-state index contributed by atoms with van der Waals surface area (Å²) in [6.07, 6.45) is 0. The zero-order valence-electron chi connectivity index (χ0n) is 7.62. The van der Waals surface area contributed by atoms with Gasteiger partial charge in [-0.1, -0.05) is 6.07 Å². The van der Waals surface area contributed by atoms with Crippen molar-refractivity contribution in [2.24, 2.45) is 5.73 Å². The van der Waals surface area contributed by atoms with E-state index in [1.54, 1.807) is 18.2 Å². The number of nitrogen functional groups attached to an aromatic ring is 1. The third-order valence-electron chi connectivity index (χ3n) is 2.04. The van der Waals surface area contributed by atoms with Gasteiger partial charge in [0.15, 0.2) is 0 Å². The van der Waals surface area contributed by atoms with E-state index in [9.17, 15) is 4.79 Å². The second kappa shape index (κ2) is 3.59. The second-order valence-corrected chi connectivity index (χ2v) is 4.10. The lowest BCUT2D eigenvalue weighted by Gasteiger charge is -2.20. The van der Waals surface area contributed by atoms with Gasteiger partial charge in [-0.15, -0.1) is 0 Å². The van der Waals surface area contributed by atoms with Crippen molar-refractivity contribution in [3.05, 3.63) is 28.2 Å². The zero-order chi connectivity index (χ0) is 10.9. The Morgan fingerprint density at radius 3 is 2.57 bits per heavy atom. The molecule has 0 aliphatic rings. The molecule has 0 aromatic heterocycles. The van der Waals surface area contributed by atoms with E-state index in [1.807, 2.05) is 0 Å². The molecule has 0 fully saturated rings. The number of halogens is 1. The van der Waals surface area contributed by atoms with Gasteiger partial charge in [-0.25, -0.2) is 4.79 Å². The highest BCUT2D eigenvalue weighted by molar-refractivity contribution is 9.10. The molecule has 1 aromatic rings. The number of anilines is 1. The van der Waals surface area contributed by atoms with E-state index >= 15 is 0 Å². The molecule has 4 nitrogen and oxygen atoms in total. The average molecular weight is 259 g/mol. The normalized spacial score (nSPS) is 14.8. The maximum Gasteiger partial charge on any atom is 0.328 e. The molecule has 0 aliphatic carbocycles. The number of aliphatic carboxylic acids is 1. The molecule has 0 saturated carbocycles. The van der Waals surface area contributed by atoms with E-state index in [0.29, 0.717) is 15.7 Å². The van der Waals surface area contributed by atoms with Crippen LogP contribution in [0, 0.1) is 0 Å². The molecule has 0 saturated heterocycles. The molecule has 5 N–H and O–H groups in total. The van der Waals surface area contributed by atoms with Crippen LogP contribution in [0.2, 0.25) is 0 Å². The van der Waals surface area contributed by atoms with Crippen molar-refractivity contribution in [2.45, 2.75) is 12.5 Å². The number of carbonyl (C=O) groups is 1. The summed E-state index contributed by atoms with van der Waals surface area (Å²) in [4.78, 5) is 10.8. The van der Waals surface area contributed by atoms with Gasteiger partial charge in [-0.2, -0.15) is 0 Å². The summed E-state index contributed by atoms with van der Waals surface area (Å²) in [6, 6.07) is 4.84. The molecule has 0 spiro atoms. The standard InChI is InChI=1S/C9H11BrN2O2/c1-9(12,8(13)14)5-2-3-7(11)6(10)4-5/h2-4H,11-12H2,1H3,(H,13,14)/t9-/m0/s1. The predicted octanol–water partition coefficient (Wildman–Crippen LogP) is 1.29. The Bertz CT molecular complexity index is 377. The molecule has 14 heavy (non-hydrogen) atoms. The third-order valence-corrected chi connectivity index (χ3v) is 2.73. The molecule has 1 atom stereocenters. The lowest BCUT2D eigenvalue weighted by Crippen LogP contribution is -2.41. The van der Waals surface area contributed by atoms with Crippen molar-refractivity contribution in [3.8, 4) is 0 Å². The maximum atomic E-state index is 10.8. The van der Waals surface area contributed by atoms with Gasteiger partial charge < -0.3 is 16.6 Å². The molecule has 76 valence electrons. The van der Waals surface area contributed by atoms with Gasteiger partial charge in [0.1, 0.15) is 5.54 Å². The first kappa shape index (κ1) is 11.0. The van der Waals surface area contributed by atoms with E-state index in [4.69, 9.17) is 16.6 Å². The number of benzene rings is 1. The Kier molecular flexibility index (Phi) is 2.82. The van der Waals surface area contributed by atoms with E-state index in [1.165, 1.54) is 6.92 Å². The van der Waals surface area contributed by atoms with Gasteiger partial charge >= 0.3 is 5.97 Å². The summed E-state index contributed by atoms with van der Waals surface area (Å²) >= 11 is 3.21. The molecule has 5 heteroatoms. The minimum absolute atomic E-state index is 0.506. The lowest BCUT2D eigenvalue weighted by atomic mass is 9.93. The van der Waals surface area contributed by atoms with Crippen LogP contribution in [0.5, 0.6) is 0 Å². The van der Waals surface area contributed by atoms with Gasteiger partial charge in [0.05, 0.1) is 0 Å². The molecule has 0 amide bonds. The number of nitrogens with two attached hydrogens (primary N) is 2. The molecular formula is C9H11BrN2O2. The van der Waals surface area contributed by atoms with E-state index in [-0.39, 0.29) is 0 Å². The highest BCUT2D eigenvalue weighted by Crippen LogP contribution is 2.26. The molecule has 0 bridgehead atoms. The van der Waals surface area contributed by atoms with Gasteiger partial charge in [0.25, 0.3) is 0 Å². The van der Waals surface area contributed by atoms with Crippen molar-refractivity contribution in [3.63, 3.8) is 0 Å². The fraction of sp³-hybridized carbons (Fsp3) is 0.222. The largest absolute Gasteiger partial charge is 0.480 e. The van der Waals surface area contributed by atoms with Crippen LogP contribution in [-0.2, 0) is 10.3 Å². The maximum absolute atomic E-state index is 10.8. The fourth-order valence-corrected chi connectivity index (χ4v) is 1.35. The molecule has 0 aliphatic heterocycles. The topological polar surface area (TPSA) is 89.3 Å². The minimum Gasteiger partial charge on any atom is -0.480 e. The minimum atomic E-state index is -1.39. The summed E-state index contributed by atoms with van der Waals surface area (Å²) in [5.41, 5.74) is 10.9. The van der Waals surface area contributed by atoms with Crippen LogP contribution in [0.1, 0.15) is 12.5 Å². The molecule has 0 radical (unpaired) electrons.